The van der Waals surface area contributed by atoms with E-state index in [4.69, 9.17) is 4.74 Å². The fourth-order valence-corrected chi connectivity index (χ4v) is 2.51. The Morgan fingerprint density at radius 3 is 2.70 bits per heavy atom. The molecule has 0 atom stereocenters. The van der Waals surface area contributed by atoms with Crippen LogP contribution < -0.4 is 5.32 Å². The summed E-state index contributed by atoms with van der Waals surface area (Å²) in [6.07, 6.45) is 3.00. The molecule has 1 rings (SSSR count). The van der Waals surface area contributed by atoms with Crippen LogP contribution in [-0.2, 0) is 11.3 Å². The minimum absolute atomic E-state index is 0.265. The number of carbonyl (C=O) groups excluding carboxylic acids is 1. The third-order valence-electron chi connectivity index (χ3n) is 3.19. The quantitative estimate of drug-likeness (QED) is 0.703. The molecule has 0 unspecified atom stereocenters. The smallest absolute Gasteiger partial charge is 0.410 e. The number of amides is 1. The monoisotopic (exact) mass is 338 g/mol. The van der Waals surface area contributed by atoms with E-state index in [9.17, 15) is 4.79 Å². The summed E-state index contributed by atoms with van der Waals surface area (Å²) in [5, 5.41) is 3.43. The van der Waals surface area contributed by atoms with Crippen molar-refractivity contribution in [1.29, 1.82) is 0 Å². The van der Waals surface area contributed by atoms with Gasteiger partial charge in [0.1, 0.15) is 5.60 Å². The highest BCUT2D eigenvalue weighted by molar-refractivity contribution is 7.98. The lowest BCUT2D eigenvalue weighted by molar-refractivity contribution is 0.0244. The van der Waals surface area contributed by atoms with Crippen molar-refractivity contribution in [1.82, 2.24) is 4.90 Å². The number of rotatable bonds is 8. The molecule has 0 saturated carbocycles. The van der Waals surface area contributed by atoms with Gasteiger partial charge in [-0.3, -0.25) is 0 Å². The number of hydrogen-bond donors (Lipinski definition) is 1. The molecule has 1 N–H and O–H groups in total. The molecule has 5 heteroatoms. The van der Waals surface area contributed by atoms with Crippen LogP contribution in [0.25, 0.3) is 0 Å². The van der Waals surface area contributed by atoms with Gasteiger partial charge in [0.05, 0.1) is 0 Å². The van der Waals surface area contributed by atoms with Crippen molar-refractivity contribution in [2.24, 2.45) is 0 Å². The van der Waals surface area contributed by atoms with Crippen molar-refractivity contribution in [2.75, 3.05) is 30.4 Å². The van der Waals surface area contributed by atoms with E-state index >= 15 is 0 Å². The summed E-state index contributed by atoms with van der Waals surface area (Å²) in [5.41, 5.74) is 1.74. The lowest BCUT2D eigenvalue weighted by Gasteiger charge is -2.26. The van der Waals surface area contributed by atoms with Gasteiger partial charge in [0.2, 0.25) is 0 Å². The van der Waals surface area contributed by atoms with E-state index in [-0.39, 0.29) is 6.09 Å². The first kappa shape index (κ1) is 19.7. The third-order valence-corrected chi connectivity index (χ3v) is 3.89. The molecule has 0 aromatic heterocycles. The molecule has 0 heterocycles. The zero-order chi connectivity index (χ0) is 17.3. The predicted molar refractivity (Wildman–Crippen MR) is 100 cm³/mol. The number of anilines is 1. The van der Waals surface area contributed by atoms with E-state index in [1.807, 2.05) is 51.6 Å². The van der Waals surface area contributed by atoms with E-state index in [0.29, 0.717) is 13.1 Å². The van der Waals surface area contributed by atoms with Gasteiger partial charge in [-0.1, -0.05) is 12.1 Å². The molecule has 1 aromatic rings. The highest BCUT2D eigenvalue weighted by atomic mass is 32.2. The lowest BCUT2D eigenvalue weighted by Crippen LogP contribution is -2.36. The van der Waals surface area contributed by atoms with Crippen molar-refractivity contribution < 1.29 is 9.53 Å². The summed E-state index contributed by atoms with van der Waals surface area (Å²) in [6, 6.07) is 8.23. The fourth-order valence-electron chi connectivity index (χ4n) is 2.08. The van der Waals surface area contributed by atoms with Crippen molar-refractivity contribution in [3.8, 4) is 0 Å². The Hall–Kier alpha value is -1.36. The summed E-state index contributed by atoms with van der Waals surface area (Å²) in [5.74, 6) is 1.16. The number of nitrogens with one attached hydrogen (secondary N) is 1. The summed E-state index contributed by atoms with van der Waals surface area (Å²) >= 11 is 1.86. The van der Waals surface area contributed by atoms with Crippen LogP contribution in [0, 0.1) is 0 Å². The van der Waals surface area contributed by atoms with Gasteiger partial charge in [-0.05, 0) is 63.8 Å². The molecule has 0 saturated heterocycles. The average Bonchev–Trinajstić information content (AvgIpc) is 2.48. The van der Waals surface area contributed by atoms with Crippen LogP contribution in [0.5, 0.6) is 0 Å². The molecule has 0 spiro atoms. The van der Waals surface area contributed by atoms with Crippen LogP contribution in [0.3, 0.4) is 0 Å². The molecule has 0 aliphatic carbocycles. The molecular weight excluding hydrogens is 308 g/mol. The summed E-state index contributed by atoms with van der Waals surface area (Å²) in [7, 11) is 0. The standard InChI is InChI=1S/C18H30N2O2S/c1-6-20(17(21)22-18(2,3)4)14-15-9-7-10-16(13-15)19-11-8-12-23-5/h7,9-10,13,19H,6,8,11-12,14H2,1-5H3. The van der Waals surface area contributed by atoms with Gasteiger partial charge in [0.15, 0.2) is 0 Å². The molecule has 23 heavy (non-hydrogen) atoms. The third kappa shape index (κ3) is 8.16. The van der Waals surface area contributed by atoms with Crippen LogP contribution in [0.15, 0.2) is 24.3 Å². The van der Waals surface area contributed by atoms with Crippen LogP contribution in [0.1, 0.15) is 39.7 Å². The first-order valence-electron chi connectivity index (χ1n) is 8.15. The van der Waals surface area contributed by atoms with Gasteiger partial charge in [-0.25, -0.2) is 4.79 Å². The van der Waals surface area contributed by atoms with Crippen LogP contribution in [-0.4, -0.2) is 41.7 Å². The second kappa shape index (κ2) is 9.71. The Morgan fingerprint density at radius 1 is 1.35 bits per heavy atom. The Balaban J connectivity index is 2.62. The second-order valence-corrected chi connectivity index (χ2v) is 7.45. The molecule has 0 aliphatic rings. The van der Waals surface area contributed by atoms with Crippen LogP contribution >= 0.6 is 11.8 Å². The topological polar surface area (TPSA) is 41.6 Å². The predicted octanol–water partition coefficient (Wildman–Crippen LogP) is 4.61. The van der Waals surface area contributed by atoms with Crippen molar-refractivity contribution >= 4 is 23.5 Å². The number of nitrogens with zero attached hydrogens (tertiary/aromatic N) is 1. The van der Waals surface area contributed by atoms with Gasteiger partial charge in [0.25, 0.3) is 0 Å². The molecule has 130 valence electrons. The van der Waals surface area contributed by atoms with E-state index in [0.717, 1.165) is 30.0 Å². The highest BCUT2D eigenvalue weighted by Crippen LogP contribution is 2.15. The van der Waals surface area contributed by atoms with Gasteiger partial charge in [-0.15, -0.1) is 0 Å². The largest absolute Gasteiger partial charge is 0.444 e. The zero-order valence-corrected chi connectivity index (χ0v) is 15.8. The molecule has 1 aromatic carbocycles. The highest BCUT2D eigenvalue weighted by Gasteiger charge is 2.21. The maximum absolute atomic E-state index is 12.2. The van der Waals surface area contributed by atoms with Crippen molar-refractivity contribution in [3.05, 3.63) is 29.8 Å². The number of benzene rings is 1. The van der Waals surface area contributed by atoms with E-state index in [1.54, 1.807) is 4.90 Å². The Bertz CT molecular complexity index is 486. The van der Waals surface area contributed by atoms with E-state index in [1.165, 1.54) is 0 Å². The first-order valence-corrected chi connectivity index (χ1v) is 9.54. The minimum atomic E-state index is -0.467. The number of carbonyl (C=O) groups is 1. The number of ether oxygens (including phenoxy) is 1. The molecule has 0 bridgehead atoms. The SMILES string of the molecule is CCN(Cc1cccc(NCCCSC)c1)C(=O)OC(C)(C)C. The van der Waals surface area contributed by atoms with Gasteiger partial charge in [0, 0.05) is 25.3 Å². The maximum atomic E-state index is 12.2. The maximum Gasteiger partial charge on any atom is 0.410 e. The number of hydrogen-bond acceptors (Lipinski definition) is 4. The van der Waals surface area contributed by atoms with Crippen molar-refractivity contribution in [2.45, 2.75) is 46.3 Å². The Kier molecular flexibility index (Phi) is 8.31. The Labute approximate surface area is 145 Å². The van der Waals surface area contributed by atoms with Crippen LogP contribution in [0.2, 0.25) is 0 Å². The minimum Gasteiger partial charge on any atom is -0.444 e. The van der Waals surface area contributed by atoms with Gasteiger partial charge < -0.3 is 15.0 Å². The second-order valence-electron chi connectivity index (χ2n) is 6.47. The van der Waals surface area contributed by atoms with Crippen LogP contribution in [0.4, 0.5) is 10.5 Å². The summed E-state index contributed by atoms with van der Waals surface area (Å²) in [4.78, 5) is 13.9. The zero-order valence-electron chi connectivity index (χ0n) is 15.0. The lowest BCUT2D eigenvalue weighted by atomic mass is 10.2. The molecule has 1 amide bonds. The summed E-state index contributed by atoms with van der Waals surface area (Å²) < 4.78 is 5.45. The Morgan fingerprint density at radius 2 is 2.09 bits per heavy atom. The average molecular weight is 339 g/mol. The van der Waals surface area contributed by atoms with Gasteiger partial charge >= 0.3 is 6.09 Å². The summed E-state index contributed by atoms with van der Waals surface area (Å²) in [6.45, 7) is 9.78. The van der Waals surface area contributed by atoms with E-state index < -0.39 is 5.60 Å². The molecular formula is C18H30N2O2S. The number of thioether (sulfide) groups is 1. The molecule has 0 radical (unpaired) electrons. The van der Waals surface area contributed by atoms with E-state index in [2.05, 4.69) is 23.7 Å². The fraction of sp³-hybridized carbons (Fsp3) is 0.611. The normalized spacial score (nSPS) is 11.2. The molecule has 4 nitrogen and oxygen atoms in total. The first-order chi connectivity index (χ1) is 10.9. The van der Waals surface area contributed by atoms with Crippen molar-refractivity contribution in [3.63, 3.8) is 0 Å². The molecule has 0 fully saturated rings. The molecule has 0 aliphatic heterocycles. The van der Waals surface area contributed by atoms with Gasteiger partial charge in [-0.2, -0.15) is 11.8 Å².